The summed E-state index contributed by atoms with van der Waals surface area (Å²) in [4.78, 5) is 0. The second kappa shape index (κ2) is 18.7. The number of hydrogen-bond donors (Lipinski definition) is 0. The van der Waals surface area contributed by atoms with Gasteiger partial charge in [0.15, 0.2) is 0 Å². The van der Waals surface area contributed by atoms with E-state index in [1.165, 1.54) is 50.9 Å². The van der Waals surface area contributed by atoms with Gasteiger partial charge in [0, 0.05) is 0 Å². The molecule has 5 aromatic carbocycles. The van der Waals surface area contributed by atoms with Crippen LogP contribution in [0.3, 0.4) is 0 Å². The van der Waals surface area contributed by atoms with Crippen LogP contribution in [0.5, 0.6) is 0 Å². The van der Waals surface area contributed by atoms with Crippen LogP contribution in [-0.4, -0.2) is 3.21 Å². The molecule has 46 heavy (non-hydrogen) atoms. The van der Waals surface area contributed by atoms with Gasteiger partial charge >= 0.3 is 152 Å². The zero-order chi connectivity index (χ0) is 31.9. The monoisotopic (exact) mass is 950 g/mol. The van der Waals surface area contributed by atoms with Gasteiger partial charge in [-0.2, -0.15) is 6.08 Å². The fraction of sp³-hybridized carbons (Fsp3) is 0.268. The van der Waals surface area contributed by atoms with Crippen LogP contribution in [0.2, 0.25) is 0 Å². The molecular weight excluding hydrogens is 908 g/mol. The fourth-order valence-corrected chi connectivity index (χ4v) is 6.75. The van der Waals surface area contributed by atoms with Crippen molar-refractivity contribution in [2.45, 2.75) is 71.6 Å². The molecule has 5 heteroatoms. The van der Waals surface area contributed by atoms with Crippen molar-refractivity contribution in [2.75, 3.05) is 0 Å². The molecule has 0 bridgehead atoms. The number of hydrogen-bond acceptors (Lipinski definition) is 0. The third-order valence-corrected chi connectivity index (χ3v) is 9.99. The second-order valence-electron chi connectivity index (χ2n) is 13.5. The SMILES string of the molecule is CC(C)(C)c1ccc2[cH-]c3ccc(C(C)(C)C)cc3c2c1.Cl.Cl.[C-]1=CC=CC1.[Zr+2]=[C](Cc1ccc(I)cc1)Cc1ccc(I)cc1. The van der Waals surface area contributed by atoms with Crippen molar-refractivity contribution in [3.8, 4) is 0 Å². The average molecular weight is 953 g/mol. The van der Waals surface area contributed by atoms with Gasteiger partial charge in [-0.3, -0.25) is 6.08 Å². The standard InChI is InChI=1S/C21H25.C15H12I2.C5H5.2ClH.Zr/c1-20(2,3)16-9-7-14-11-15-8-10-17(21(4,5)6)13-19(15)18(14)12-16;16-14-8-4-12(5-9-14)2-1-3-13-6-10-15(17)11-7-13;1-2-4-5-3-1;;;/h7-13H,1-6H3;4-11H,2-3H2;1-3H,4H2;2*1H;/q-1;;-1;;;+2. The van der Waals surface area contributed by atoms with Crippen LogP contribution in [-0.2, 0) is 47.9 Å². The molecule has 5 aromatic rings. The summed E-state index contributed by atoms with van der Waals surface area (Å²) < 4.78 is 4.21. The van der Waals surface area contributed by atoms with E-state index in [4.69, 9.17) is 0 Å². The Kier molecular flexibility index (Phi) is 16.7. The van der Waals surface area contributed by atoms with E-state index < -0.39 is 0 Å². The van der Waals surface area contributed by atoms with Crippen molar-refractivity contribution < 1.29 is 24.2 Å². The molecule has 0 aromatic heterocycles. The maximum atomic E-state index is 2.99. The van der Waals surface area contributed by atoms with Gasteiger partial charge in [0.1, 0.15) is 0 Å². The first-order valence-corrected chi connectivity index (χ1v) is 18.6. The van der Waals surface area contributed by atoms with Gasteiger partial charge in [0.2, 0.25) is 0 Å². The molecule has 0 fully saturated rings. The molecule has 240 valence electrons. The van der Waals surface area contributed by atoms with Crippen LogP contribution in [0.1, 0.15) is 70.2 Å². The summed E-state index contributed by atoms with van der Waals surface area (Å²) in [7, 11) is 0. The molecule has 0 saturated heterocycles. The van der Waals surface area contributed by atoms with E-state index in [9.17, 15) is 0 Å². The van der Waals surface area contributed by atoms with Gasteiger partial charge in [-0.15, -0.1) is 71.0 Å². The molecule has 0 spiro atoms. The van der Waals surface area contributed by atoms with Crippen molar-refractivity contribution in [3.05, 3.63) is 145 Å². The van der Waals surface area contributed by atoms with E-state index >= 15 is 0 Å². The Balaban J connectivity index is 0.000000270. The van der Waals surface area contributed by atoms with E-state index in [1.54, 1.807) is 27.4 Å². The van der Waals surface area contributed by atoms with Gasteiger partial charge in [0.25, 0.3) is 0 Å². The summed E-state index contributed by atoms with van der Waals surface area (Å²) in [6.45, 7) is 13.7. The summed E-state index contributed by atoms with van der Waals surface area (Å²) in [6, 6.07) is 33.8. The molecule has 0 heterocycles. The Morgan fingerprint density at radius 3 is 1.39 bits per heavy atom. The van der Waals surface area contributed by atoms with Gasteiger partial charge < -0.3 is 0 Å². The van der Waals surface area contributed by atoms with Gasteiger partial charge in [-0.25, -0.2) is 12.2 Å². The maximum absolute atomic E-state index is 2.99. The molecule has 0 unspecified atom stereocenters. The third-order valence-electron chi connectivity index (χ3n) is 7.69. The van der Waals surface area contributed by atoms with Crippen LogP contribution in [0, 0.1) is 13.2 Å². The topological polar surface area (TPSA) is 0 Å². The van der Waals surface area contributed by atoms with Crippen LogP contribution >= 0.6 is 70.0 Å². The molecule has 0 radical (unpaired) electrons. The summed E-state index contributed by atoms with van der Waals surface area (Å²) in [5.74, 6) is 0. The van der Waals surface area contributed by atoms with Gasteiger partial charge in [0.05, 0.1) is 0 Å². The molecule has 1 aliphatic carbocycles. The predicted octanol–water partition coefficient (Wildman–Crippen LogP) is 12.9. The normalized spacial score (nSPS) is 12.0. The Morgan fingerprint density at radius 2 is 1.09 bits per heavy atom. The van der Waals surface area contributed by atoms with Gasteiger partial charge in [-0.05, 0) is 10.8 Å². The molecule has 0 amide bonds. The molecule has 0 nitrogen and oxygen atoms in total. The van der Waals surface area contributed by atoms with Crippen molar-refractivity contribution >= 4 is 94.7 Å². The zero-order valence-corrected chi connectivity index (χ0v) is 36.0. The van der Waals surface area contributed by atoms with Crippen LogP contribution in [0.25, 0.3) is 21.5 Å². The molecule has 0 N–H and O–H groups in total. The zero-order valence-electron chi connectivity index (χ0n) is 27.6. The van der Waals surface area contributed by atoms with E-state index in [0.29, 0.717) is 0 Å². The molecule has 6 rings (SSSR count). The molecule has 0 saturated carbocycles. The fourth-order valence-electron chi connectivity index (χ4n) is 5.03. The van der Waals surface area contributed by atoms with E-state index in [0.717, 1.165) is 19.3 Å². The minimum absolute atomic E-state index is 0. The summed E-state index contributed by atoms with van der Waals surface area (Å²) in [5.41, 5.74) is 6.05. The minimum atomic E-state index is 0. The number of benzene rings is 4. The quantitative estimate of drug-likeness (QED) is 0.124. The third kappa shape index (κ3) is 12.5. The van der Waals surface area contributed by atoms with Crippen LogP contribution in [0.15, 0.2) is 109 Å². The Morgan fingerprint density at radius 1 is 0.674 bits per heavy atom. The van der Waals surface area contributed by atoms with Crippen molar-refractivity contribution in [1.29, 1.82) is 0 Å². The van der Waals surface area contributed by atoms with E-state index in [1.807, 2.05) is 12.2 Å². The molecule has 0 aliphatic heterocycles. The molecular formula is C41H44Cl2I2Zr. The number of rotatable bonds is 4. The van der Waals surface area contributed by atoms with Crippen LogP contribution in [0.4, 0.5) is 0 Å². The van der Waals surface area contributed by atoms with E-state index in [2.05, 4.69) is 190 Å². The second-order valence-corrected chi connectivity index (χ2v) is 17.7. The average Bonchev–Trinajstić information content (AvgIpc) is 3.66. The van der Waals surface area contributed by atoms with E-state index in [-0.39, 0.29) is 35.6 Å². The Bertz CT molecular complexity index is 1640. The number of fused-ring (bicyclic) bond motifs is 3. The van der Waals surface area contributed by atoms with Crippen molar-refractivity contribution in [2.24, 2.45) is 0 Å². The first kappa shape index (κ1) is 41.2. The first-order valence-electron chi connectivity index (χ1n) is 15.2. The predicted molar refractivity (Wildman–Crippen MR) is 221 cm³/mol. The van der Waals surface area contributed by atoms with Crippen LogP contribution < -0.4 is 0 Å². The molecule has 0 atom stereocenters. The van der Waals surface area contributed by atoms with Crippen molar-refractivity contribution in [1.82, 2.24) is 0 Å². The Labute approximate surface area is 331 Å². The number of halogens is 4. The summed E-state index contributed by atoms with van der Waals surface area (Å²) in [5, 5.41) is 5.49. The summed E-state index contributed by atoms with van der Waals surface area (Å²) in [6.07, 6.45) is 12.2. The first-order chi connectivity index (χ1) is 20.8. The van der Waals surface area contributed by atoms with Crippen molar-refractivity contribution in [3.63, 3.8) is 0 Å². The number of allylic oxidation sites excluding steroid dienone is 4. The Hall–Kier alpha value is -0.977. The molecule has 1 aliphatic rings. The summed E-state index contributed by atoms with van der Waals surface area (Å²) >= 11 is 6.25. The van der Waals surface area contributed by atoms with Gasteiger partial charge in [-0.1, -0.05) is 76.9 Å².